The van der Waals surface area contributed by atoms with Gasteiger partial charge in [0.2, 0.25) is 0 Å². The summed E-state index contributed by atoms with van der Waals surface area (Å²) in [6, 6.07) is 8.87. The van der Waals surface area contributed by atoms with Gasteiger partial charge in [-0.2, -0.15) is 0 Å². The number of hydrogen-bond donors (Lipinski definition) is 1. The highest BCUT2D eigenvalue weighted by atomic mass is 32.1. The minimum Gasteiger partial charge on any atom is -0.494 e. The van der Waals surface area contributed by atoms with Crippen molar-refractivity contribution in [1.29, 1.82) is 0 Å². The quantitative estimate of drug-likeness (QED) is 0.876. The number of aromatic nitrogens is 1. The summed E-state index contributed by atoms with van der Waals surface area (Å²) in [5.74, 6) is 0.914. The predicted octanol–water partition coefficient (Wildman–Crippen LogP) is 3.46. The molecule has 1 fully saturated rings. The molecule has 1 saturated carbocycles. The fourth-order valence-corrected chi connectivity index (χ4v) is 2.69. The molecule has 0 radical (unpaired) electrons. The van der Waals surface area contributed by atoms with Crippen molar-refractivity contribution in [2.24, 2.45) is 0 Å². The molecule has 0 aliphatic heterocycles. The number of hydrogen-bond acceptors (Lipinski definition) is 4. The van der Waals surface area contributed by atoms with E-state index in [9.17, 15) is 0 Å². The van der Waals surface area contributed by atoms with Crippen LogP contribution in [0.5, 0.6) is 5.75 Å². The van der Waals surface area contributed by atoms with E-state index >= 15 is 0 Å². The Kier molecular flexibility index (Phi) is 3.80. The molecule has 0 atom stereocenters. The second kappa shape index (κ2) is 5.72. The van der Waals surface area contributed by atoms with E-state index in [1.807, 2.05) is 19.1 Å². The monoisotopic (exact) mass is 274 g/mol. The van der Waals surface area contributed by atoms with Crippen molar-refractivity contribution in [3.8, 4) is 17.0 Å². The third-order valence-corrected chi connectivity index (χ3v) is 3.98. The zero-order valence-corrected chi connectivity index (χ0v) is 11.9. The first-order valence-electron chi connectivity index (χ1n) is 6.76. The first-order valence-corrected chi connectivity index (χ1v) is 7.64. The lowest BCUT2D eigenvalue weighted by Gasteiger charge is -2.03. The summed E-state index contributed by atoms with van der Waals surface area (Å²) in [5.41, 5.74) is 2.21. The molecular weight excluding hydrogens is 256 g/mol. The second-order valence-corrected chi connectivity index (χ2v) is 5.68. The van der Waals surface area contributed by atoms with Crippen LogP contribution in [-0.4, -0.2) is 17.6 Å². The molecular formula is C15H18N2OS. The van der Waals surface area contributed by atoms with Crippen LogP contribution in [0.4, 0.5) is 0 Å². The molecule has 3 rings (SSSR count). The van der Waals surface area contributed by atoms with Gasteiger partial charge in [-0.05, 0) is 44.0 Å². The number of nitrogens with zero attached hydrogens (tertiary/aromatic N) is 1. The van der Waals surface area contributed by atoms with Crippen molar-refractivity contribution in [3.63, 3.8) is 0 Å². The van der Waals surface area contributed by atoms with Gasteiger partial charge in [0.1, 0.15) is 10.8 Å². The standard InChI is InChI=1S/C15H18N2OS/c1-2-18-13-7-3-11(4-8-13)14-10-19-15(17-14)9-16-12-5-6-12/h3-4,7-8,10,12,16H,2,5-6,9H2,1H3. The lowest BCUT2D eigenvalue weighted by atomic mass is 10.2. The summed E-state index contributed by atoms with van der Waals surface area (Å²) >= 11 is 1.72. The maximum Gasteiger partial charge on any atom is 0.119 e. The van der Waals surface area contributed by atoms with E-state index in [1.54, 1.807) is 11.3 Å². The molecule has 0 amide bonds. The van der Waals surface area contributed by atoms with Crippen LogP contribution in [0, 0.1) is 0 Å². The summed E-state index contributed by atoms with van der Waals surface area (Å²) in [7, 11) is 0. The number of rotatable bonds is 6. The summed E-state index contributed by atoms with van der Waals surface area (Å²) in [4.78, 5) is 4.67. The molecule has 1 aliphatic rings. The van der Waals surface area contributed by atoms with Gasteiger partial charge in [0.25, 0.3) is 0 Å². The van der Waals surface area contributed by atoms with E-state index in [1.165, 1.54) is 12.8 Å². The highest BCUT2D eigenvalue weighted by Gasteiger charge is 2.20. The molecule has 1 aliphatic carbocycles. The lowest BCUT2D eigenvalue weighted by Crippen LogP contribution is -2.14. The van der Waals surface area contributed by atoms with Gasteiger partial charge in [0.15, 0.2) is 0 Å². The van der Waals surface area contributed by atoms with Crippen LogP contribution >= 0.6 is 11.3 Å². The average Bonchev–Trinajstić information content (AvgIpc) is 3.15. The molecule has 100 valence electrons. The van der Waals surface area contributed by atoms with Gasteiger partial charge in [-0.3, -0.25) is 0 Å². The van der Waals surface area contributed by atoms with Gasteiger partial charge < -0.3 is 10.1 Å². The van der Waals surface area contributed by atoms with Crippen LogP contribution in [0.3, 0.4) is 0 Å². The number of nitrogens with one attached hydrogen (secondary N) is 1. The molecule has 1 aromatic heterocycles. The van der Waals surface area contributed by atoms with Gasteiger partial charge in [-0.25, -0.2) is 4.98 Å². The molecule has 2 aromatic rings. The fraction of sp³-hybridized carbons (Fsp3) is 0.400. The molecule has 0 saturated heterocycles. The van der Waals surface area contributed by atoms with Crippen molar-refractivity contribution in [2.75, 3.05) is 6.61 Å². The zero-order valence-electron chi connectivity index (χ0n) is 11.1. The van der Waals surface area contributed by atoms with Crippen molar-refractivity contribution < 1.29 is 4.74 Å². The second-order valence-electron chi connectivity index (χ2n) is 4.74. The SMILES string of the molecule is CCOc1ccc(-c2csc(CNC3CC3)n2)cc1. The normalized spacial score (nSPS) is 14.6. The highest BCUT2D eigenvalue weighted by molar-refractivity contribution is 7.09. The predicted molar refractivity (Wildman–Crippen MR) is 78.6 cm³/mol. The highest BCUT2D eigenvalue weighted by Crippen LogP contribution is 2.25. The largest absolute Gasteiger partial charge is 0.494 e. The molecule has 4 heteroatoms. The van der Waals surface area contributed by atoms with Gasteiger partial charge in [0, 0.05) is 23.5 Å². The molecule has 3 nitrogen and oxygen atoms in total. The first-order chi connectivity index (χ1) is 9.35. The minimum atomic E-state index is 0.701. The zero-order chi connectivity index (χ0) is 13.1. The van der Waals surface area contributed by atoms with Gasteiger partial charge in [-0.15, -0.1) is 11.3 Å². The van der Waals surface area contributed by atoms with Crippen molar-refractivity contribution in [3.05, 3.63) is 34.7 Å². The molecule has 1 heterocycles. The Morgan fingerprint density at radius 2 is 2.11 bits per heavy atom. The number of thiazole rings is 1. The summed E-state index contributed by atoms with van der Waals surface area (Å²) in [5, 5.41) is 6.78. The minimum absolute atomic E-state index is 0.701. The molecule has 1 N–H and O–H groups in total. The molecule has 0 spiro atoms. The fourth-order valence-electron chi connectivity index (χ4n) is 1.93. The average molecular weight is 274 g/mol. The summed E-state index contributed by atoms with van der Waals surface area (Å²) < 4.78 is 5.45. The van der Waals surface area contributed by atoms with E-state index in [0.717, 1.165) is 34.6 Å². The molecule has 0 unspecified atom stereocenters. The number of ether oxygens (including phenoxy) is 1. The first kappa shape index (κ1) is 12.6. The van der Waals surface area contributed by atoms with Crippen LogP contribution in [0.25, 0.3) is 11.3 Å². The lowest BCUT2D eigenvalue weighted by molar-refractivity contribution is 0.340. The van der Waals surface area contributed by atoms with Gasteiger partial charge in [-0.1, -0.05) is 0 Å². The van der Waals surface area contributed by atoms with E-state index in [0.29, 0.717) is 6.61 Å². The maximum absolute atomic E-state index is 5.45. The Labute approximate surface area is 117 Å². The molecule has 0 bridgehead atoms. The third-order valence-electron chi connectivity index (χ3n) is 3.13. The van der Waals surface area contributed by atoms with Crippen molar-refractivity contribution >= 4 is 11.3 Å². The van der Waals surface area contributed by atoms with Gasteiger partial charge in [0.05, 0.1) is 12.3 Å². The van der Waals surface area contributed by atoms with Crippen molar-refractivity contribution in [1.82, 2.24) is 10.3 Å². The third kappa shape index (κ3) is 3.33. The van der Waals surface area contributed by atoms with Crippen LogP contribution < -0.4 is 10.1 Å². The van der Waals surface area contributed by atoms with E-state index < -0.39 is 0 Å². The summed E-state index contributed by atoms with van der Waals surface area (Å²) in [6.07, 6.45) is 2.63. The Morgan fingerprint density at radius 3 is 2.79 bits per heavy atom. The van der Waals surface area contributed by atoms with Crippen LogP contribution in [-0.2, 0) is 6.54 Å². The number of benzene rings is 1. The van der Waals surface area contributed by atoms with Gasteiger partial charge >= 0.3 is 0 Å². The topological polar surface area (TPSA) is 34.1 Å². The Morgan fingerprint density at radius 1 is 1.32 bits per heavy atom. The Hall–Kier alpha value is -1.39. The molecule has 19 heavy (non-hydrogen) atoms. The Balaban J connectivity index is 1.66. The van der Waals surface area contributed by atoms with E-state index in [-0.39, 0.29) is 0 Å². The van der Waals surface area contributed by atoms with E-state index in [2.05, 4.69) is 27.8 Å². The summed E-state index contributed by atoms with van der Waals surface area (Å²) in [6.45, 7) is 3.59. The molecule has 1 aromatic carbocycles. The van der Waals surface area contributed by atoms with Crippen LogP contribution in [0.2, 0.25) is 0 Å². The Bertz CT molecular complexity index is 531. The maximum atomic E-state index is 5.45. The van der Waals surface area contributed by atoms with Crippen LogP contribution in [0.15, 0.2) is 29.6 Å². The van der Waals surface area contributed by atoms with Crippen LogP contribution in [0.1, 0.15) is 24.8 Å². The smallest absolute Gasteiger partial charge is 0.119 e. The van der Waals surface area contributed by atoms with Crippen molar-refractivity contribution in [2.45, 2.75) is 32.4 Å². The van der Waals surface area contributed by atoms with E-state index in [4.69, 9.17) is 4.74 Å².